The monoisotopic (exact) mass is 358 g/mol. The number of hydrogen-bond acceptors (Lipinski definition) is 1. The van der Waals surface area contributed by atoms with Gasteiger partial charge >= 0.3 is 5.97 Å². The first-order valence-electron chi connectivity index (χ1n) is 10.3. The molecule has 0 fully saturated rings. The SMILES string of the molecule is CC(=CC(=O)O)c1ccc(CC(C)CCCC(C)CCCC(C)C)cc1. The smallest absolute Gasteiger partial charge is 0.328 e. The average molecular weight is 359 g/mol. The van der Waals surface area contributed by atoms with Gasteiger partial charge in [-0.3, -0.25) is 0 Å². The number of carboxylic acids is 1. The summed E-state index contributed by atoms with van der Waals surface area (Å²) in [6.45, 7) is 11.2. The standard InChI is InChI=1S/C24H38O2/c1-18(2)8-6-9-19(3)10-7-11-20(4)16-22-12-14-23(15-13-22)21(5)17-24(25)26/h12-15,17-20H,6-11,16H2,1-5H3,(H,25,26). The Balaban J connectivity index is 2.32. The van der Waals surface area contributed by atoms with E-state index in [2.05, 4.69) is 39.8 Å². The fourth-order valence-corrected chi connectivity index (χ4v) is 3.51. The molecule has 0 amide bonds. The van der Waals surface area contributed by atoms with Crippen molar-refractivity contribution in [3.63, 3.8) is 0 Å². The molecule has 0 radical (unpaired) electrons. The number of allylic oxidation sites excluding steroid dienone is 1. The normalized spacial score (nSPS) is 14.5. The molecule has 0 aliphatic carbocycles. The maximum absolute atomic E-state index is 10.8. The van der Waals surface area contributed by atoms with Crippen LogP contribution in [0.4, 0.5) is 0 Å². The van der Waals surface area contributed by atoms with Gasteiger partial charge < -0.3 is 5.11 Å². The van der Waals surface area contributed by atoms with Crippen LogP contribution in [0.25, 0.3) is 5.57 Å². The van der Waals surface area contributed by atoms with Gasteiger partial charge in [0.2, 0.25) is 0 Å². The first-order valence-corrected chi connectivity index (χ1v) is 10.3. The van der Waals surface area contributed by atoms with Gasteiger partial charge in [-0.15, -0.1) is 0 Å². The molecular weight excluding hydrogens is 320 g/mol. The van der Waals surface area contributed by atoms with Gasteiger partial charge in [-0.05, 0) is 47.8 Å². The highest BCUT2D eigenvalue weighted by Crippen LogP contribution is 2.22. The number of rotatable bonds is 12. The highest BCUT2D eigenvalue weighted by molar-refractivity contribution is 5.89. The van der Waals surface area contributed by atoms with Crippen molar-refractivity contribution in [1.29, 1.82) is 0 Å². The second kappa shape index (κ2) is 11.9. The van der Waals surface area contributed by atoms with E-state index < -0.39 is 5.97 Å². The minimum atomic E-state index is -0.890. The summed E-state index contributed by atoms with van der Waals surface area (Å²) in [6, 6.07) is 8.35. The molecule has 0 aliphatic heterocycles. The van der Waals surface area contributed by atoms with E-state index in [0.717, 1.165) is 29.4 Å². The molecule has 2 unspecified atom stereocenters. The summed E-state index contributed by atoms with van der Waals surface area (Å²) in [4.78, 5) is 10.8. The molecule has 2 atom stereocenters. The zero-order valence-electron chi connectivity index (χ0n) is 17.4. The van der Waals surface area contributed by atoms with Crippen LogP contribution in [0, 0.1) is 17.8 Å². The molecule has 146 valence electrons. The number of carboxylic acid groups (broad SMARTS) is 1. The lowest BCUT2D eigenvalue weighted by atomic mass is 9.91. The maximum Gasteiger partial charge on any atom is 0.328 e. The lowest BCUT2D eigenvalue weighted by molar-refractivity contribution is -0.131. The van der Waals surface area contributed by atoms with Crippen molar-refractivity contribution in [1.82, 2.24) is 0 Å². The molecule has 1 aromatic rings. The van der Waals surface area contributed by atoms with Crippen molar-refractivity contribution >= 4 is 11.5 Å². The van der Waals surface area contributed by atoms with Crippen LogP contribution in [0.3, 0.4) is 0 Å². The molecule has 0 aliphatic rings. The van der Waals surface area contributed by atoms with Gasteiger partial charge in [-0.25, -0.2) is 4.79 Å². The zero-order valence-corrected chi connectivity index (χ0v) is 17.4. The third-order valence-corrected chi connectivity index (χ3v) is 5.21. The summed E-state index contributed by atoms with van der Waals surface area (Å²) >= 11 is 0. The van der Waals surface area contributed by atoms with E-state index in [-0.39, 0.29) is 0 Å². The Bertz CT molecular complexity index is 554. The molecule has 1 aromatic carbocycles. The molecule has 1 rings (SSSR count). The Labute approximate surface area is 160 Å². The molecule has 0 aromatic heterocycles. The van der Waals surface area contributed by atoms with Crippen LogP contribution in [0.1, 0.15) is 84.3 Å². The van der Waals surface area contributed by atoms with Gasteiger partial charge in [0, 0.05) is 6.08 Å². The predicted octanol–water partition coefficient (Wildman–Crippen LogP) is 6.99. The van der Waals surface area contributed by atoms with E-state index in [1.807, 2.05) is 19.1 Å². The Morgan fingerprint density at radius 2 is 1.46 bits per heavy atom. The highest BCUT2D eigenvalue weighted by Gasteiger charge is 2.08. The second-order valence-electron chi connectivity index (χ2n) is 8.53. The van der Waals surface area contributed by atoms with Gasteiger partial charge in [0.15, 0.2) is 0 Å². The largest absolute Gasteiger partial charge is 0.478 e. The molecule has 0 bridgehead atoms. The highest BCUT2D eigenvalue weighted by atomic mass is 16.4. The molecule has 2 heteroatoms. The zero-order chi connectivity index (χ0) is 19.5. The first kappa shape index (κ1) is 22.5. The third kappa shape index (κ3) is 9.79. The van der Waals surface area contributed by atoms with Crippen molar-refractivity contribution < 1.29 is 9.90 Å². The summed E-state index contributed by atoms with van der Waals surface area (Å²) in [5.74, 6) is 1.49. The van der Waals surface area contributed by atoms with Gasteiger partial charge in [-0.2, -0.15) is 0 Å². The predicted molar refractivity (Wildman–Crippen MR) is 112 cm³/mol. The van der Waals surface area contributed by atoms with E-state index in [9.17, 15) is 4.79 Å². The lowest BCUT2D eigenvalue weighted by Gasteiger charge is -2.15. The minimum Gasteiger partial charge on any atom is -0.478 e. The molecule has 0 saturated heterocycles. The maximum atomic E-state index is 10.8. The summed E-state index contributed by atoms with van der Waals surface area (Å²) in [5, 5.41) is 8.84. The summed E-state index contributed by atoms with van der Waals surface area (Å²) < 4.78 is 0. The summed E-state index contributed by atoms with van der Waals surface area (Å²) in [5.41, 5.74) is 3.12. The molecule has 26 heavy (non-hydrogen) atoms. The van der Waals surface area contributed by atoms with Crippen LogP contribution in [-0.4, -0.2) is 11.1 Å². The van der Waals surface area contributed by atoms with Crippen LogP contribution >= 0.6 is 0 Å². The lowest BCUT2D eigenvalue weighted by Crippen LogP contribution is -2.02. The van der Waals surface area contributed by atoms with E-state index in [4.69, 9.17) is 5.11 Å². The molecule has 2 nitrogen and oxygen atoms in total. The topological polar surface area (TPSA) is 37.3 Å². The van der Waals surface area contributed by atoms with E-state index >= 15 is 0 Å². The van der Waals surface area contributed by atoms with E-state index in [0.29, 0.717) is 5.92 Å². The first-order chi connectivity index (χ1) is 12.3. The van der Waals surface area contributed by atoms with E-state index in [1.165, 1.54) is 50.2 Å². The molecular formula is C24H38O2. The van der Waals surface area contributed by atoms with Crippen molar-refractivity contribution in [2.45, 2.75) is 79.6 Å². The average Bonchev–Trinajstić information content (AvgIpc) is 2.54. The van der Waals surface area contributed by atoms with Crippen molar-refractivity contribution in [3.8, 4) is 0 Å². The fraction of sp³-hybridized carbons (Fsp3) is 0.625. The van der Waals surface area contributed by atoms with Gasteiger partial charge in [-0.1, -0.05) is 90.5 Å². The van der Waals surface area contributed by atoms with Crippen molar-refractivity contribution in [3.05, 3.63) is 41.5 Å². The Morgan fingerprint density at radius 3 is 2.00 bits per heavy atom. The Hall–Kier alpha value is -1.57. The number of carbonyl (C=O) groups is 1. The van der Waals surface area contributed by atoms with Crippen molar-refractivity contribution in [2.75, 3.05) is 0 Å². The number of hydrogen-bond donors (Lipinski definition) is 1. The van der Waals surface area contributed by atoms with Gasteiger partial charge in [0.1, 0.15) is 0 Å². The second-order valence-corrected chi connectivity index (χ2v) is 8.53. The van der Waals surface area contributed by atoms with Gasteiger partial charge in [0.05, 0.1) is 0 Å². The molecule has 0 spiro atoms. The molecule has 0 saturated carbocycles. The van der Waals surface area contributed by atoms with Crippen LogP contribution in [0.5, 0.6) is 0 Å². The van der Waals surface area contributed by atoms with Crippen LogP contribution < -0.4 is 0 Å². The molecule has 1 N–H and O–H groups in total. The fourth-order valence-electron chi connectivity index (χ4n) is 3.51. The Morgan fingerprint density at radius 1 is 0.923 bits per heavy atom. The van der Waals surface area contributed by atoms with E-state index in [1.54, 1.807) is 0 Å². The number of aliphatic carboxylic acids is 1. The van der Waals surface area contributed by atoms with Crippen LogP contribution in [-0.2, 0) is 11.2 Å². The van der Waals surface area contributed by atoms with Gasteiger partial charge in [0.25, 0.3) is 0 Å². The van der Waals surface area contributed by atoms with Crippen LogP contribution in [0.15, 0.2) is 30.3 Å². The van der Waals surface area contributed by atoms with Crippen molar-refractivity contribution in [2.24, 2.45) is 17.8 Å². The summed E-state index contributed by atoms with van der Waals surface area (Å²) in [6.07, 6.45) is 10.4. The quantitative estimate of drug-likeness (QED) is 0.409. The number of benzene rings is 1. The van der Waals surface area contributed by atoms with Crippen LogP contribution in [0.2, 0.25) is 0 Å². The third-order valence-electron chi connectivity index (χ3n) is 5.21. The molecule has 0 heterocycles. The summed E-state index contributed by atoms with van der Waals surface area (Å²) in [7, 11) is 0. The Kier molecular flexibility index (Phi) is 10.3. The minimum absolute atomic E-state index is 0.694.